The fourth-order valence-electron chi connectivity index (χ4n) is 0.565. The molecule has 0 aromatic carbocycles. The van der Waals surface area contributed by atoms with Crippen LogP contribution in [0.4, 0.5) is 0 Å². The minimum absolute atomic E-state index is 0. The van der Waals surface area contributed by atoms with Gasteiger partial charge in [0.05, 0.1) is 0 Å². The van der Waals surface area contributed by atoms with Crippen LogP contribution in [0.15, 0.2) is 0 Å². The van der Waals surface area contributed by atoms with Crippen molar-refractivity contribution in [1.29, 1.82) is 0 Å². The summed E-state index contributed by atoms with van der Waals surface area (Å²) in [4.78, 5) is 9.90. The zero-order valence-electron chi connectivity index (χ0n) is 6.05. The molecule has 0 fully saturated rings. The van der Waals surface area contributed by atoms with Gasteiger partial charge in [-0.15, -0.1) is 0 Å². The molecule has 0 rings (SSSR count). The predicted molar refractivity (Wildman–Crippen MR) is 33.2 cm³/mol. The Bertz CT molecular complexity index is 85.1. The molecule has 0 heterocycles. The van der Waals surface area contributed by atoms with Crippen molar-refractivity contribution in [2.24, 2.45) is 0 Å². The first kappa shape index (κ1) is 12.7. The smallest absolute Gasteiger partial charge is 0.303 e. The largest absolute Gasteiger partial charge is 0.481 e. The van der Waals surface area contributed by atoms with Crippen LogP contribution in [0, 0.1) is 0 Å². The van der Waals surface area contributed by atoms with Gasteiger partial charge >= 0.3 is 5.97 Å². The molecule has 0 spiro atoms. The van der Waals surface area contributed by atoms with E-state index in [1.54, 1.807) is 0 Å². The first-order valence-corrected chi connectivity index (χ1v) is 3.10. The standard InChI is InChI=1S/C6H12O3.Zn/c7-5-3-1-2-4-6(8)9;/h7H,1-5H2,(H,8,9);. The second-order valence-corrected chi connectivity index (χ2v) is 1.93. The second-order valence-electron chi connectivity index (χ2n) is 1.93. The molecule has 0 aliphatic heterocycles. The van der Waals surface area contributed by atoms with Gasteiger partial charge in [-0.1, -0.05) is 6.42 Å². The van der Waals surface area contributed by atoms with Gasteiger partial charge in [0.15, 0.2) is 0 Å². The number of aliphatic hydroxyl groups excluding tert-OH is 1. The van der Waals surface area contributed by atoms with Gasteiger partial charge in [0.2, 0.25) is 0 Å². The van der Waals surface area contributed by atoms with E-state index in [0.717, 1.165) is 6.42 Å². The molecule has 0 amide bonds. The maximum absolute atomic E-state index is 9.90. The Hall–Kier alpha value is 0.0534. The average Bonchev–Trinajstić information content (AvgIpc) is 1.80. The molecule has 0 saturated carbocycles. The van der Waals surface area contributed by atoms with E-state index in [2.05, 4.69) is 0 Å². The van der Waals surface area contributed by atoms with Crippen molar-refractivity contribution < 1.29 is 34.5 Å². The van der Waals surface area contributed by atoms with E-state index in [1.165, 1.54) is 0 Å². The quantitative estimate of drug-likeness (QED) is 0.502. The van der Waals surface area contributed by atoms with Gasteiger partial charge in [-0.3, -0.25) is 4.79 Å². The first-order valence-electron chi connectivity index (χ1n) is 3.10. The molecule has 0 aliphatic carbocycles. The molecule has 0 aromatic rings. The molecule has 10 heavy (non-hydrogen) atoms. The summed E-state index contributed by atoms with van der Waals surface area (Å²) in [7, 11) is 0. The Morgan fingerprint density at radius 1 is 1.20 bits per heavy atom. The molecule has 2 N–H and O–H groups in total. The number of carboxylic acid groups (broad SMARTS) is 1. The summed E-state index contributed by atoms with van der Waals surface area (Å²) in [6.45, 7) is 0.166. The molecule has 56 valence electrons. The molecule has 0 bridgehead atoms. The van der Waals surface area contributed by atoms with Crippen LogP contribution >= 0.6 is 0 Å². The molecule has 3 nitrogen and oxygen atoms in total. The Morgan fingerprint density at radius 3 is 2.20 bits per heavy atom. The minimum atomic E-state index is -0.757. The maximum Gasteiger partial charge on any atom is 0.303 e. The zero-order valence-corrected chi connectivity index (χ0v) is 9.01. The van der Waals surface area contributed by atoms with E-state index in [9.17, 15) is 4.79 Å². The van der Waals surface area contributed by atoms with E-state index in [1.807, 2.05) is 0 Å². The topological polar surface area (TPSA) is 57.5 Å². The summed E-state index contributed by atoms with van der Waals surface area (Å²) < 4.78 is 0. The Labute approximate surface area is 73.2 Å². The summed E-state index contributed by atoms with van der Waals surface area (Å²) in [5.41, 5.74) is 0. The summed E-state index contributed by atoms with van der Waals surface area (Å²) in [6, 6.07) is 0. The van der Waals surface area contributed by atoms with Crippen molar-refractivity contribution in [3.63, 3.8) is 0 Å². The molecule has 0 unspecified atom stereocenters. The van der Waals surface area contributed by atoms with Crippen LogP contribution in [0.5, 0.6) is 0 Å². The van der Waals surface area contributed by atoms with Crippen LogP contribution in [-0.4, -0.2) is 22.8 Å². The Balaban J connectivity index is 0. The third-order valence-corrected chi connectivity index (χ3v) is 1.05. The van der Waals surface area contributed by atoms with Crippen LogP contribution in [0.2, 0.25) is 0 Å². The van der Waals surface area contributed by atoms with Crippen LogP contribution in [-0.2, 0) is 24.3 Å². The number of carboxylic acids is 1. The van der Waals surface area contributed by atoms with E-state index >= 15 is 0 Å². The number of rotatable bonds is 5. The van der Waals surface area contributed by atoms with Gasteiger partial charge in [0.25, 0.3) is 0 Å². The number of aliphatic carboxylic acids is 1. The third kappa shape index (κ3) is 10.9. The number of hydrogen-bond acceptors (Lipinski definition) is 2. The van der Waals surface area contributed by atoms with Gasteiger partial charge in [-0.2, -0.15) is 0 Å². The normalized spacial score (nSPS) is 8.50. The third-order valence-electron chi connectivity index (χ3n) is 1.05. The van der Waals surface area contributed by atoms with E-state index < -0.39 is 5.97 Å². The molecule has 0 atom stereocenters. The van der Waals surface area contributed by atoms with Crippen molar-refractivity contribution in [2.45, 2.75) is 25.7 Å². The van der Waals surface area contributed by atoms with Crippen molar-refractivity contribution in [3.05, 3.63) is 0 Å². The average molecular weight is 198 g/mol. The summed E-state index contributed by atoms with van der Waals surface area (Å²) >= 11 is 0. The maximum atomic E-state index is 9.90. The van der Waals surface area contributed by atoms with Gasteiger partial charge in [-0.05, 0) is 12.8 Å². The molecular weight excluding hydrogens is 185 g/mol. The fourth-order valence-corrected chi connectivity index (χ4v) is 0.565. The SMILES string of the molecule is O=C(O)CCCCCO.[Zn]. The number of carbonyl (C=O) groups is 1. The molecule has 0 aromatic heterocycles. The van der Waals surface area contributed by atoms with Gasteiger partial charge in [0.1, 0.15) is 0 Å². The van der Waals surface area contributed by atoms with Crippen LogP contribution < -0.4 is 0 Å². The molecule has 0 aliphatic rings. The summed E-state index contributed by atoms with van der Waals surface area (Å²) in [5.74, 6) is -0.757. The van der Waals surface area contributed by atoms with Crippen molar-refractivity contribution >= 4 is 5.97 Å². The monoisotopic (exact) mass is 196 g/mol. The molecule has 0 saturated heterocycles. The van der Waals surface area contributed by atoms with Gasteiger partial charge in [0, 0.05) is 32.5 Å². The summed E-state index contributed by atoms with van der Waals surface area (Å²) in [6.07, 6.45) is 2.42. The second kappa shape index (κ2) is 9.05. The zero-order chi connectivity index (χ0) is 7.11. The Kier molecular flexibility index (Phi) is 11.5. The van der Waals surface area contributed by atoms with E-state index in [4.69, 9.17) is 10.2 Å². The van der Waals surface area contributed by atoms with Gasteiger partial charge in [-0.25, -0.2) is 0 Å². The fraction of sp³-hybridized carbons (Fsp3) is 0.833. The van der Waals surface area contributed by atoms with E-state index in [-0.39, 0.29) is 32.5 Å². The number of unbranched alkanes of at least 4 members (excludes halogenated alkanes) is 2. The molecule has 4 heteroatoms. The molecule has 0 radical (unpaired) electrons. The van der Waals surface area contributed by atoms with E-state index in [0.29, 0.717) is 12.8 Å². The van der Waals surface area contributed by atoms with Gasteiger partial charge < -0.3 is 10.2 Å². The van der Waals surface area contributed by atoms with Crippen molar-refractivity contribution in [1.82, 2.24) is 0 Å². The number of aliphatic hydroxyl groups is 1. The van der Waals surface area contributed by atoms with Crippen molar-refractivity contribution in [2.75, 3.05) is 6.61 Å². The first-order chi connectivity index (χ1) is 4.27. The minimum Gasteiger partial charge on any atom is -0.481 e. The van der Waals surface area contributed by atoms with Crippen molar-refractivity contribution in [3.8, 4) is 0 Å². The molecular formula is C6H12O3Zn. The van der Waals surface area contributed by atoms with Crippen LogP contribution in [0.25, 0.3) is 0 Å². The van der Waals surface area contributed by atoms with Crippen LogP contribution in [0.1, 0.15) is 25.7 Å². The summed E-state index contributed by atoms with van der Waals surface area (Å²) in [5, 5.41) is 16.4. The predicted octanol–water partition coefficient (Wildman–Crippen LogP) is 0.621. The van der Waals surface area contributed by atoms with Crippen LogP contribution in [0.3, 0.4) is 0 Å². The number of hydrogen-bond donors (Lipinski definition) is 2. The Morgan fingerprint density at radius 2 is 1.80 bits per heavy atom.